The van der Waals surface area contributed by atoms with Crippen LogP contribution in [0.25, 0.3) is 27.8 Å². The molecule has 0 unspecified atom stereocenters. The Labute approximate surface area is 207 Å². The Morgan fingerprint density at radius 3 is 2.31 bits per heavy atom. The molecule has 1 aliphatic carbocycles. The standard InChI is InChI=1S/C28H27F3N4O/c1-27(2,36)18-11-13-20(14-12-18)33-25-15-21(17-7-9-19(10-8-17)28(29,30)31)22(16-32)26-34-23-5-3-4-6-24(23)35(25)26/h3-10,15,18,20,33,36H,11-14H2,1-2H3. The molecule has 5 rings (SSSR count). The van der Waals surface area contributed by atoms with E-state index in [1.165, 1.54) is 12.1 Å². The van der Waals surface area contributed by atoms with Crippen LogP contribution >= 0.6 is 0 Å². The van der Waals surface area contributed by atoms with Gasteiger partial charge in [-0.1, -0.05) is 24.3 Å². The fraction of sp³-hybridized carbons (Fsp3) is 0.357. The molecule has 1 aliphatic rings. The fourth-order valence-corrected chi connectivity index (χ4v) is 5.27. The Morgan fingerprint density at radius 1 is 1.03 bits per heavy atom. The van der Waals surface area contributed by atoms with E-state index in [1.807, 2.05) is 48.6 Å². The van der Waals surface area contributed by atoms with Crippen molar-refractivity contribution in [1.29, 1.82) is 5.26 Å². The molecule has 2 aromatic carbocycles. The number of fused-ring (bicyclic) bond motifs is 3. The van der Waals surface area contributed by atoms with Gasteiger partial charge in [0.2, 0.25) is 0 Å². The number of para-hydroxylation sites is 2. The zero-order chi connectivity index (χ0) is 25.7. The lowest BCUT2D eigenvalue weighted by Crippen LogP contribution is -2.37. The smallest absolute Gasteiger partial charge is 0.390 e. The van der Waals surface area contributed by atoms with Crippen molar-refractivity contribution >= 4 is 22.5 Å². The van der Waals surface area contributed by atoms with Crippen molar-refractivity contribution in [3.63, 3.8) is 0 Å². The Hall–Kier alpha value is -3.57. The van der Waals surface area contributed by atoms with E-state index in [0.717, 1.165) is 54.7 Å². The van der Waals surface area contributed by atoms with Crippen LogP contribution in [-0.4, -0.2) is 26.1 Å². The largest absolute Gasteiger partial charge is 0.416 e. The Kier molecular flexibility index (Phi) is 5.92. The van der Waals surface area contributed by atoms with Crippen LogP contribution in [0.5, 0.6) is 0 Å². The number of hydrogen-bond acceptors (Lipinski definition) is 4. The second kappa shape index (κ2) is 8.82. The quantitative estimate of drug-likeness (QED) is 0.329. The average molecular weight is 493 g/mol. The van der Waals surface area contributed by atoms with E-state index in [1.54, 1.807) is 0 Å². The number of imidazole rings is 1. The molecule has 8 heteroatoms. The first-order chi connectivity index (χ1) is 17.1. The first-order valence-corrected chi connectivity index (χ1v) is 12.1. The van der Waals surface area contributed by atoms with Crippen molar-refractivity contribution in [2.24, 2.45) is 5.92 Å². The third-order valence-electron chi connectivity index (χ3n) is 7.29. The van der Waals surface area contributed by atoms with Crippen LogP contribution in [0.1, 0.15) is 50.7 Å². The van der Waals surface area contributed by atoms with E-state index in [0.29, 0.717) is 22.3 Å². The molecule has 2 N–H and O–H groups in total. The summed E-state index contributed by atoms with van der Waals surface area (Å²) in [5.74, 6) is 0.965. The number of nitriles is 1. The van der Waals surface area contributed by atoms with Gasteiger partial charge in [-0.15, -0.1) is 0 Å². The maximum atomic E-state index is 13.1. The van der Waals surface area contributed by atoms with Crippen molar-refractivity contribution in [2.45, 2.75) is 57.3 Å². The van der Waals surface area contributed by atoms with Crippen molar-refractivity contribution in [1.82, 2.24) is 9.38 Å². The normalized spacial score (nSPS) is 18.9. The summed E-state index contributed by atoms with van der Waals surface area (Å²) in [6.07, 6.45) is -0.916. The molecular weight excluding hydrogens is 465 g/mol. The average Bonchev–Trinajstić information content (AvgIpc) is 3.23. The first-order valence-electron chi connectivity index (χ1n) is 12.1. The minimum atomic E-state index is -4.43. The maximum absolute atomic E-state index is 13.1. The van der Waals surface area contributed by atoms with Gasteiger partial charge in [0.05, 0.1) is 22.2 Å². The van der Waals surface area contributed by atoms with E-state index in [9.17, 15) is 23.5 Å². The van der Waals surface area contributed by atoms with Gasteiger partial charge in [0.25, 0.3) is 0 Å². The highest BCUT2D eigenvalue weighted by atomic mass is 19.4. The number of aromatic nitrogens is 2. The number of pyridine rings is 1. The first kappa shape index (κ1) is 24.1. The minimum absolute atomic E-state index is 0.154. The summed E-state index contributed by atoms with van der Waals surface area (Å²) in [5.41, 5.74) is 1.93. The van der Waals surface area contributed by atoms with Gasteiger partial charge in [-0.25, -0.2) is 4.98 Å². The molecule has 2 heterocycles. The van der Waals surface area contributed by atoms with E-state index in [-0.39, 0.29) is 12.0 Å². The molecule has 5 nitrogen and oxygen atoms in total. The molecule has 4 aromatic rings. The Morgan fingerprint density at radius 2 is 1.69 bits per heavy atom. The van der Waals surface area contributed by atoms with Crippen molar-refractivity contribution in [3.05, 3.63) is 65.7 Å². The number of halogens is 3. The number of benzene rings is 2. The van der Waals surface area contributed by atoms with Crippen LogP contribution in [0.15, 0.2) is 54.6 Å². The molecule has 2 aromatic heterocycles. The van der Waals surface area contributed by atoms with Gasteiger partial charge in [-0.05, 0) is 81.3 Å². The highest BCUT2D eigenvalue weighted by Crippen LogP contribution is 2.37. The Bertz CT molecular complexity index is 1450. The summed E-state index contributed by atoms with van der Waals surface area (Å²) in [6.45, 7) is 3.70. The molecule has 0 saturated heterocycles. The van der Waals surface area contributed by atoms with Crippen molar-refractivity contribution in [3.8, 4) is 17.2 Å². The van der Waals surface area contributed by atoms with Crippen LogP contribution in [0.3, 0.4) is 0 Å². The topological polar surface area (TPSA) is 73.3 Å². The maximum Gasteiger partial charge on any atom is 0.416 e. The molecule has 186 valence electrons. The van der Waals surface area contributed by atoms with Gasteiger partial charge >= 0.3 is 6.18 Å². The highest BCUT2D eigenvalue weighted by molar-refractivity contribution is 5.89. The second-order valence-corrected chi connectivity index (χ2v) is 10.1. The van der Waals surface area contributed by atoms with Crippen LogP contribution in [0.2, 0.25) is 0 Å². The molecule has 1 fully saturated rings. The van der Waals surface area contributed by atoms with Gasteiger partial charge in [0.1, 0.15) is 17.5 Å². The van der Waals surface area contributed by atoms with Crippen LogP contribution in [0, 0.1) is 17.2 Å². The van der Waals surface area contributed by atoms with Crippen molar-refractivity contribution in [2.75, 3.05) is 5.32 Å². The summed E-state index contributed by atoms with van der Waals surface area (Å²) in [4.78, 5) is 4.71. The number of nitrogens with one attached hydrogen (secondary N) is 1. The highest BCUT2D eigenvalue weighted by Gasteiger charge is 2.32. The SMILES string of the molecule is CC(C)(O)C1CCC(Nc2cc(-c3ccc(C(F)(F)F)cc3)c(C#N)c3nc4ccccc4n23)CC1. The van der Waals surface area contributed by atoms with Crippen molar-refractivity contribution < 1.29 is 18.3 Å². The molecule has 0 aliphatic heterocycles. The van der Waals surface area contributed by atoms with Crippen LogP contribution in [-0.2, 0) is 6.18 Å². The number of nitrogens with zero attached hydrogens (tertiary/aromatic N) is 3. The van der Waals surface area contributed by atoms with Crippen LogP contribution in [0.4, 0.5) is 19.0 Å². The van der Waals surface area contributed by atoms with E-state index in [2.05, 4.69) is 11.4 Å². The molecule has 0 radical (unpaired) electrons. The monoisotopic (exact) mass is 492 g/mol. The second-order valence-electron chi connectivity index (χ2n) is 10.1. The number of rotatable bonds is 4. The van der Waals surface area contributed by atoms with Gasteiger partial charge in [-0.2, -0.15) is 18.4 Å². The number of alkyl halides is 3. The molecule has 0 amide bonds. The van der Waals surface area contributed by atoms with Gasteiger partial charge in [0.15, 0.2) is 5.65 Å². The lowest BCUT2D eigenvalue weighted by molar-refractivity contribution is -0.137. The summed E-state index contributed by atoms with van der Waals surface area (Å²) in [7, 11) is 0. The molecule has 0 spiro atoms. The third-order valence-corrected chi connectivity index (χ3v) is 7.29. The number of aliphatic hydroxyl groups is 1. The summed E-state index contributed by atoms with van der Waals surface area (Å²) in [5, 5.41) is 24.1. The minimum Gasteiger partial charge on any atom is -0.390 e. The predicted molar refractivity (Wildman–Crippen MR) is 134 cm³/mol. The third kappa shape index (κ3) is 4.40. The number of hydrogen-bond donors (Lipinski definition) is 2. The molecule has 0 bridgehead atoms. The van der Waals surface area contributed by atoms with E-state index in [4.69, 9.17) is 4.98 Å². The summed E-state index contributed by atoms with van der Waals surface area (Å²) < 4.78 is 41.3. The van der Waals surface area contributed by atoms with Crippen LogP contribution < -0.4 is 5.32 Å². The molecular formula is C28H27F3N4O. The lowest BCUT2D eigenvalue weighted by Gasteiger charge is -2.36. The zero-order valence-corrected chi connectivity index (χ0v) is 20.1. The van der Waals surface area contributed by atoms with E-state index < -0.39 is 17.3 Å². The summed E-state index contributed by atoms with van der Waals surface area (Å²) in [6, 6.07) is 16.7. The molecule has 0 atom stereocenters. The predicted octanol–water partition coefficient (Wildman–Crippen LogP) is 6.79. The fourth-order valence-electron chi connectivity index (χ4n) is 5.27. The Balaban J connectivity index is 1.61. The molecule has 36 heavy (non-hydrogen) atoms. The number of anilines is 1. The molecule has 1 saturated carbocycles. The zero-order valence-electron chi connectivity index (χ0n) is 20.1. The lowest BCUT2D eigenvalue weighted by atomic mass is 9.77. The van der Waals surface area contributed by atoms with E-state index >= 15 is 0 Å². The summed E-state index contributed by atoms with van der Waals surface area (Å²) >= 11 is 0. The van der Waals surface area contributed by atoms with Gasteiger partial charge < -0.3 is 10.4 Å². The van der Waals surface area contributed by atoms with Gasteiger partial charge in [-0.3, -0.25) is 4.40 Å². The van der Waals surface area contributed by atoms with Gasteiger partial charge in [0, 0.05) is 11.6 Å².